The van der Waals surface area contributed by atoms with Gasteiger partial charge in [0.2, 0.25) is 5.91 Å². The van der Waals surface area contributed by atoms with Gasteiger partial charge in [-0.05, 0) is 23.1 Å². The van der Waals surface area contributed by atoms with Crippen LogP contribution in [0.2, 0.25) is 0 Å². The van der Waals surface area contributed by atoms with Crippen molar-refractivity contribution >= 4 is 21.4 Å². The van der Waals surface area contributed by atoms with E-state index < -0.39 is 21.5 Å². The molecule has 0 saturated carbocycles. The van der Waals surface area contributed by atoms with Crippen LogP contribution in [0.5, 0.6) is 0 Å². The third-order valence-electron chi connectivity index (χ3n) is 3.74. The summed E-state index contributed by atoms with van der Waals surface area (Å²) < 4.78 is 23.1. The maximum Gasteiger partial charge on any atom is 0.239 e. The van der Waals surface area contributed by atoms with E-state index >= 15 is 0 Å². The fraction of sp³-hybridized carbons (Fsp3) is 0.562. The zero-order chi connectivity index (χ0) is 16.3. The largest absolute Gasteiger partial charge is 0.325 e. The molecule has 0 atom stereocenters. The van der Waals surface area contributed by atoms with Crippen LogP contribution < -0.4 is 5.32 Å². The van der Waals surface area contributed by atoms with Crippen molar-refractivity contribution < 1.29 is 13.2 Å². The molecule has 6 heteroatoms. The van der Waals surface area contributed by atoms with E-state index in [-0.39, 0.29) is 5.75 Å². The van der Waals surface area contributed by atoms with Gasteiger partial charge in [0.25, 0.3) is 0 Å². The highest BCUT2D eigenvalue weighted by atomic mass is 32.2. The van der Waals surface area contributed by atoms with E-state index in [1.807, 2.05) is 12.1 Å². The first kappa shape index (κ1) is 17.0. The number of rotatable bonds is 6. The number of hydrogen-bond acceptors (Lipinski definition) is 4. The molecule has 0 aliphatic carbocycles. The van der Waals surface area contributed by atoms with Crippen LogP contribution in [0, 0.1) is 5.92 Å². The maximum absolute atomic E-state index is 11.9. The molecule has 0 aromatic heterocycles. The predicted molar refractivity (Wildman–Crippen MR) is 88.4 cm³/mol. The summed E-state index contributed by atoms with van der Waals surface area (Å²) in [6, 6.07) is 5.81. The number of hydrogen-bond donors (Lipinski definition) is 1. The van der Waals surface area contributed by atoms with Crippen molar-refractivity contribution in [2.75, 3.05) is 23.4 Å². The van der Waals surface area contributed by atoms with Gasteiger partial charge in [-0.15, -0.1) is 0 Å². The van der Waals surface area contributed by atoms with Crippen molar-refractivity contribution in [3.8, 4) is 0 Å². The van der Waals surface area contributed by atoms with Gasteiger partial charge in [-0.1, -0.05) is 32.9 Å². The third-order valence-corrected chi connectivity index (χ3v) is 5.32. The molecule has 1 amide bonds. The summed E-state index contributed by atoms with van der Waals surface area (Å²) >= 11 is 0. The second-order valence-corrected chi connectivity index (χ2v) is 8.58. The first-order valence-electron chi connectivity index (χ1n) is 7.64. The quantitative estimate of drug-likeness (QED) is 0.869. The topological polar surface area (TPSA) is 66.5 Å². The highest BCUT2D eigenvalue weighted by Crippen LogP contribution is 2.29. The van der Waals surface area contributed by atoms with Gasteiger partial charge in [-0.3, -0.25) is 9.69 Å². The number of amides is 1. The minimum absolute atomic E-state index is 0.0184. The molecule has 2 rings (SSSR count). The molecule has 22 heavy (non-hydrogen) atoms. The van der Waals surface area contributed by atoms with Gasteiger partial charge in [0.15, 0.2) is 9.84 Å². The standard InChI is InChI=1S/C16H24N2O3S/c1-4-22(20,21)11-16(19)17-15-7-5-6-13-9-18(8-12(2)3)10-14(13)15/h5-7,12H,4,8-11H2,1-3H3,(H,17,19). The summed E-state index contributed by atoms with van der Waals surface area (Å²) in [5, 5.41) is 2.76. The summed E-state index contributed by atoms with van der Waals surface area (Å²) in [6.07, 6.45) is 0. The molecule has 0 unspecified atom stereocenters. The monoisotopic (exact) mass is 324 g/mol. The van der Waals surface area contributed by atoms with Gasteiger partial charge in [-0.25, -0.2) is 8.42 Å². The Morgan fingerprint density at radius 2 is 2.05 bits per heavy atom. The lowest BCUT2D eigenvalue weighted by Gasteiger charge is -2.17. The fourth-order valence-electron chi connectivity index (χ4n) is 2.74. The van der Waals surface area contributed by atoms with Crippen LogP contribution in [0.4, 0.5) is 5.69 Å². The number of nitrogens with one attached hydrogen (secondary N) is 1. The van der Waals surface area contributed by atoms with Gasteiger partial charge in [0, 0.05) is 31.1 Å². The lowest BCUT2D eigenvalue weighted by atomic mass is 10.1. The lowest BCUT2D eigenvalue weighted by molar-refractivity contribution is -0.113. The Morgan fingerprint density at radius 1 is 1.32 bits per heavy atom. The van der Waals surface area contributed by atoms with Gasteiger partial charge in [-0.2, -0.15) is 0 Å². The number of fused-ring (bicyclic) bond motifs is 1. The molecular weight excluding hydrogens is 300 g/mol. The fourth-order valence-corrected chi connectivity index (χ4v) is 3.42. The minimum atomic E-state index is -3.30. The van der Waals surface area contributed by atoms with Crippen molar-refractivity contribution in [1.82, 2.24) is 4.90 Å². The Kier molecular flexibility index (Phi) is 5.24. The third kappa shape index (κ3) is 4.30. The molecule has 0 bridgehead atoms. The number of carbonyl (C=O) groups excluding carboxylic acids is 1. The summed E-state index contributed by atoms with van der Waals surface area (Å²) in [7, 11) is -3.30. The molecule has 0 spiro atoms. The number of benzene rings is 1. The highest BCUT2D eigenvalue weighted by Gasteiger charge is 2.23. The molecule has 0 saturated heterocycles. The molecule has 1 aliphatic rings. The number of carbonyl (C=O) groups is 1. The second kappa shape index (κ2) is 6.79. The number of nitrogens with zero attached hydrogens (tertiary/aromatic N) is 1. The smallest absolute Gasteiger partial charge is 0.239 e. The van der Waals surface area contributed by atoms with Crippen LogP contribution in [0.3, 0.4) is 0 Å². The zero-order valence-corrected chi connectivity index (χ0v) is 14.2. The van der Waals surface area contributed by atoms with Crippen LogP contribution in [0.15, 0.2) is 18.2 Å². The molecule has 1 aliphatic heterocycles. The molecule has 1 aromatic rings. The van der Waals surface area contributed by atoms with Crippen molar-refractivity contribution in [2.24, 2.45) is 5.92 Å². The van der Waals surface area contributed by atoms with E-state index in [2.05, 4.69) is 30.1 Å². The van der Waals surface area contributed by atoms with Crippen LogP contribution in [0.25, 0.3) is 0 Å². The van der Waals surface area contributed by atoms with Crippen molar-refractivity contribution in [2.45, 2.75) is 33.9 Å². The summed E-state index contributed by atoms with van der Waals surface area (Å²) in [5.74, 6) is -0.349. The van der Waals surface area contributed by atoms with Gasteiger partial charge < -0.3 is 5.32 Å². The average Bonchev–Trinajstić information content (AvgIpc) is 2.80. The van der Waals surface area contributed by atoms with E-state index in [1.54, 1.807) is 6.92 Å². The predicted octanol–water partition coefficient (Wildman–Crippen LogP) is 2.03. The molecule has 1 aromatic carbocycles. The van der Waals surface area contributed by atoms with E-state index in [9.17, 15) is 13.2 Å². The normalized spacial score (nSPS) is 15.1. The van der Waals surface area contributed by atoms with Gasteiger partial charge >= 0.3 is 0 Å². The van der Waals surface area contributed by atoms with Crippen molar-refractivity contribution in [3.63, 3.8) is 0 Å². The summed E-state index contributed by atoms with van der Waals surface area (Å²) in [5.41, 5.74) is 3.04. The highest BCUT2D eigenvalue weighted by molar-refractivity contribution is 7.92. The van der Waals surface area contributed by atoms with Gasteiger partial charge in [0.05, 0.1) is 0 Å². The number of sulfone groups is 1. The molecule has 1 N–H and O–H groups in total. The Labute approximate surface area is 132 Å². The van der Waals surface area contributed by atoms with Crippen molar-refractivity contribution in [1.29, 1.82) is 0 Å². The Balaban J connectivity index is 2.09. The maximum atomic E-state index is 11.9. The average molecular weight is 324 g/mol. The van der Waals surface area contributed by atoms with E-state index in [1.165, 1.54) is 5.56 Å². The SMILES string of the molecule is CCS(=O)(=O)CC(=O)Nc1cccc2c1CN(CC(C)C)C2. The lowest BCUT2D eigenvalue weighted by Crippen LogP contribution is -2.25. The Bertz CT molecular complexity index is 653. The van der Waals surface area contributed by atoms with Crippen molar-refractivity contribution in [3.05, 3.63) is 29.3 Å². The molecule has 0 radical (unpaired) electrons. The molecule has 5 nitrogen and oxygen atoms in total. The van der Waals surface area contributed by atoms with Crippen LogP contribution in [-0.2, 0) is 27.7 Å². The van der Waals surface area contributed by atoms with Crippen LogP contribution >= 0.6 is 0 Å². The van der Waals surface area contributed by atoms with Crippen LogP contribution in [-0.4, -0.2) is 37.3 Å². The summed E-state index contributed by atoms with van der Waals surface area (Å²) in [4.78, 5) is 14.3. The summed E-state index contributed by atoms with van der Waals surface area (Å²) in [6.45, 7) is 8.59. The zero-order valence-electron chi connectivity index (χ0n) is 13.4. The molecule has 1 heterocycles. The van der Waals surface area contributed by atoms with Gasteiger partial charge in [0.1, 0.15) is 5.75 Å². The molecular formula is C16H24N2O3S. The Hall–Kier alpha value is -1.40. The van der Waals surface area contributed by atoms with E-state index in [0.29, 0.717) is 5.92 Å². The number of anilines is 1. The second-order valence-electron chi connectivity index (χ2n) is 6.23. The van der Waals surface area contributed by atoms with E-state index in [0.717, 1.165) is 30.9 Å². The molecule has 0 fully saturated rings. The minimum Gasteiger partial charge on any atom is -0.325 e. The Morgan fingerprint density at radius 3 is 2.68 bits per heavy atom. The first-order chi connectivity index (χ1) is 10.3. The first-order valence-corrected chi connectivity index (χ1v) is 9.46. The van der Waals surface area contributed by atoms with E-state index in [4.69, 9.17) is 0 Å². The van der Waals surface area contributed by atoms with Crippen LogP contribution in [0.1, 0.15) is 31.9 Å². The molecule has 122 valence electrons.